The number of hydrogen-bond acceptors (Lipinski definition) is 3. The first-order valence-electron chi connectivity index (χ1n) is 5.15. The van der Waals surface area contributed by atoms with Gasteiger partial charge in [0, 0.05) is 0 Å². The Morgan fingerprint density at radius 1 is 1.40 bits per heavy atom. The lowest BCUT2D eigenvalue weighted by Crippen LogP contribution is -2.03. The van der Waals surface area contributed by atoms with Crippen LogP contribution in [0.2, 0.25) is 0 Å². The summed E-state index contributed by atoms with van der Waals surface area (Å²) in [6.45, 7) is 5.45. The Bertz CT molecular complexity index is 356. The van der Waals surface area contributed by atoms with Gasteiger partial charge in [-0.05, 0) is 31.5 Å². The summed E-state index contributed by atoms with van der Waals surface area (Å²) in [6, 6.07) is 5.95. The van der Waals surface area contributed by atoms with Crippen molar-refractivity contribution in [2.24, 2.45) is 0 Å². The van der Waals surface area contributed by atoms with E-state index < -0.39 is 0 Å². The van der Waals surface area contributed by atoms with Crippen LogP contribution in [0.4, 0.5) is 0 Å². The SMILES string of the molecule is CCOc1ccc(C2(C)CO2)cc1OC. The molecule has 0 spiro atoms. The standard InChI is InChI=1S/C12H16O3/c1-4-14-10-6-5-9(7-11(10)13-3)12(2)8-15-12/h5-7H,4,8H2,1-3H3. The van der Waals surface area contributed by atoms with E-state index in [0.717, 1.165) is 23.7 Å². The molecule has 3 heteroatoms. The van der Waals surface area contributed by atoms with Gasteiger partial charge in [0.2, 0.25) is 0 Å². The van der Waals surface area contributed by atoms with Gasteiger partial charge in [-0.1, -0.05) is 6.07 Å². The number of hydrogen-bond donors (Lipinski definition) is 0. The molecule has 1 heterocycles. The molecule has 1 aromatic rings. The van der Waals surface area contributed by atoms with Crippen LogP contribution in [0.5, 0.6) is 11.5 Å². The fraction of sp³-hybridized carbons (Fsp3) is 0.500. The van der Waals surface area contributed by atoms with Crippen LogP contribution in [-0.4, -0.2) is 20.3 Å². The molecular weight excluding hydrogens is 192 g/mol. The van der Waals surface area contributed by atoms with E-state index >= 15 is 0 Å². The largest absolute Gasteiger partial charge is 0.493 e. The lowest BCUT2D eigenvalue weighted by atomic mass is 10.0. The average molecular weight is 208 g/mol. The molecule has 1 aliphatic rings. The summed E-state index contributed by atoms with van der Waals surface area (Å²) in [4.78, 5) is 0. The third kappa shape index (κ3) is 1.92. The molecule has 3 nitrogen and oxygen atoms in total. The van der Waals surface area contributed by atoms with E-state index in [0.29, 0.717) is 6.61 Å². The molecule has 0 aromatic heterocycles. The molecule has 1 aliphatic heterocycles. The third-order valence-electron chi connectivity index (χ3n) is 2.65. The van der Waals surface area contributed by atoms with Crippen LogP contribution >= 0.6 is 0 Å². The number of epoxide rings is 1. The quantitative estimate of drug-likeness (QED) is 0.711. The molecule has 15 heavy (non-hydrogen) atoms. The highest BCUT2D eigenvalue weighted by Crippen LogP contribution is 2.41. The van der Waals surface area contributed by atoms with Gasteiger partial charge in [-0.15, -0.1) is 0 Å². The molecule has 0 aliphatic carbocycles. The van der Waals surface area contributed by atoms with Crippen LogP contribution < -0.4 is 9.47 Å². The predicted molar refractivity (Wildman–Crippen MR) is 57.5 cm³/mol. The van der Waals surface area contributed by atoms with Crippen LogP contribution in [0, 0.1) is 0 Å². The second kappa shape index (κ2) is 3.74. The van der Waals surface area contributed by atoms with E-state index in [1.807, 2.05) is 25.1 Å². The molecule has 0 bridgehead atoms. The van der Waals surface area contributed by atoms with Crippen molar-refractivity contribution in [2.75, 3.05) is 20.3 Å². The van der Waals surface area contributed by atoms with Crippen molar-refractivity contribution in [3.05, 3.63) is 23.8 Å². The third-order valence-corrected chi connectivity index (χ3v) is 2.65. The van der Waals surface area contributed by atoms with Crippen LogP contribution in [0.15, 0.2) is 18.2 Å². The minimum atomic E-state index is -0.113. The maximum Gasteiger partial charge on any atom is 0.161 e. The van der Waals surface area contributed by atoms with Crippen LogP contribution in [0.3, 0.4) is 0 Å². The van der Waals surface area contributed by atoms with Crippen molar-refractivity contribution < 1.29 is 14.2 Å². The van der Waals surface area contributed by atoms with Crippen molar-refractivity contribution >= 4 is 0 Å². The number of methoxy groups -OCH3 is 1. The van der Waals surface area contributed by atoms with Gasteiger partial charge in [0.15, 0.2) is 11.5 Å². The van der Waals surface area contributed by atoms with Crippen LogP contribution in [0.25, 0.3) is 0 Å². The van der Waals surface area contributed by atoms with Gasteiger partial charge < -0.3 is 14.2 Å². The molecule has 1 unspecified atom stereocenters. The first kappa shape index (κ1) is 10.3. The van der Waals surface area contributed by atoms with Crippen molar-refractivity contribution in [3.63, 3.8) is 0 Å². The van der Waals surface area contributed by atoms with Gasteiger partial charge in [0.1, 0.15) is 5.60 Å². The number of benzene rings is 1. The topological polar surface area (TPSA) is 31.0 Å². The Kier molecular flexibility index (Phi) is 2.57. The van der Waals surface area contributed by atoms with Crippen molar-refractivity contribution in [1.82, 2.24) is 0 Å². The molecule has 1 aromatic carbocycles. The zero-order valence-electron chi connectivity index (χ0n) is 9.37. The summed E-state index contributed by atoms with van der Waals surface area (Å²) in [5, 5.41) is 0. The second-order valence-corrected chi connectivity index (χ2v) is 3.82. The first-order chi connectivity index (χ1) is 7.19. The summed E-state index contributed by atoms with van der Waals surface area (Å²) < 4.78 is 16.1. The summed E-state index contributed by atoms with van der Waals surface area (Å²) in [7, 11) is 1.65. The lowest BCUT2D eigenvalue weighted by molar-refractivity contribution is 0.306. The molecule has 2 rings (SSSR count). The van der Waals surface area contributed by atoms with Crippen LogP contribution in [-0.2, 0) is 10.3 Å². The Balaban J connectivity index is 2.30. The highest BCUT2D eigenvalue weighted by molar-refractivity contribution is 5.45. The number of ether oxygens (including phenoxy) is 3. The Hall–Kier alpha value is -1.22. The summed E-state index contributed by atoms with van der Waals surface area (Å²) in [5.41, 5.74) is 1.03. The normalized spacial score (nSPS) is 23.7. The van der Waals surface area contributed by atoms with E-state index in [-0.39, 0.29) is 5.60 Å². The predicted octanol–water partition coefficient (Wildman–Crippen LogP) is 2.34. The maximum absolute atomic E-state index is 5.45. The Morgan fingerprint density at radius 3 is 2.67 bits per heavy atom. The molecule has 0 N–H and O–H groups in total. The molecule has 1 atom stereocenters. The Labute approximate surface area is 90.0 Å². The van der Waals surface area contributed by atoms with Gasteiger partial charge >= 0.3 is 0 Å². The minimum Gasteiger partial charge on any atom is -0.493 e. The van der Waals surface area contributed by atoms with Crippen molar-refractivity contribution in [2.45, 2.75) is 19.4 Å². The molecular formula is C12H16O3. The van der Waals surface area contributed by atoms with Gasteiger partial charge in [0.25, 0.3) is 0 Å². The fourth-order valence-corrected chi connectivity index (χ4v) is 1.55. The monoisotopic (exact) mass is 208 g/mol. The van der Waals surface area contributed by atoms with Gasteiger partial charge in [-0.25, -0.2) is 0 Å². The molecule has 1 saturated heterocycles. The average Bonchev–Trinajstić information content (AvgIpc) is 2.99. The van der Waals surface area contributed by atoms with E-state index in [9.17, 15) is 0 Å². The summed E-state index contributed by atoms with van der Waals surface area (Å²) in [6.07, 6.45) is 0. The lowest BCUT2D eigenvalue weighted by Gasteiger charge is -2.12. The van der Waals surface area contributed by atoms with E-state index in [4.69, 9.17) is 14.2 Å². The van der Waals surface area contributed by atoms with E-state index in [1.165, 1.54) is 0 Å². The zero-order valence-corrected chi connectivity index (χ0v) is 9.37. The highest BCUT2D eigenvalue weighted by Gasteiger charge is 2.41. The molecule has 0 saturated carbocycles. The van der Waals surface area contributed by atoms with Gasteiger partial charge in [-0.2, -0.15) is 0 Å². The first-order valence-corrected chi connectivity index (χ1v) is 5.15. The Morgan fingerprint density at radius 2 is 2.13 bits per heavy atom. The van der Waals surface area contributed by atoms with Crippen molar-refractivity contribution in [3.8, 4) is 11.5 Å². The van der Waals surface area contributed by atoms with Gasteiger partial charge in [-0.3, -0.25) is 0 Å². The second-order valence-electron chi connectivity index (χ2n) is 3.82. The van der Waals surface area contributed by atoms with E-state index in [1.54, 1.807) is 7.11 Å². The minimum absolute atomic E-state index is 0.113. The van der Waals surface area contributed by atoms with Crippen molar-refractivity contribution in [1.29, 1.82) is 0 Å². The number of rotatable bonds is 4. The smallest absolute Gasteiger partial charge is 0.161 e. The summed E-state index contributed by atoms with van der Waals surface area (Å²) in [5.74, 6) is 1.55. The fourth-order valence-electron chi connectivity index (χ4n) is 1.55. The molecule has 1 fully saturated rings. The zero-order chi connectivity index (χ0) is 10.9. The highest BCUT2D eigenvalue weighted by atomic mass is 16.6. The molecule has 0 amide bonds. The molecule has 0 radical (unpaired) electrons. The van der Waals surface area contributed by atoms with E-state index in [2.05, 4.69) is 6.92 Å². The van der Waals surface area contributed by atoms with Crippen LogP contribution in [0.1, 0.15) is 19.4 Å². The summed E-state index contributed by atoms with van der Waals surface area (Å²) >= 11 is 0. The maximum atomic E-state index is 5.45. The molecule has 82 valence electrons. The van der Waals surface area contributed by atoms with Gasteiger partial charge in [0.05, 0.1) is 20.3 Å².